The molecule has 0 saturated carbocycles. The van der Waals surface area contributed by atoms with E-state index in [0.717, 1.165) is 0 Å². The van der Waals surface area contributed by atoms with Crippen LogP contribution in [0.3, 0.4) is 0 Å². The van der Waals surface area contributed by atoms with Gasteiger partial charge >= 0.3 is 5.97 Å². The van der Waals surface area contributed by atoms with Gasteiger partial charge in [-0.2, -0.15) is 0 Å². The van der Waals surface area contributed by atoms with Crippen LogP contribution in [0.5, 0.6) is 0 Å². The Morgan fingerprint density at radius 1 is 1.60 bits per heavy atom. The maximum Gasteiger partial charge on any atom is 0.302 e. The zero-order chi connectivity index (χ0) is 7.82. The Labute approximate surface area is 60.3 Å². The predicted molar refractivity (Wildman–Crippen MR) is 37.5 cm³/mol. The van der Waals surface area contributed by atoms with Crippen molar-refractivity contribution in [3.05, 3.63) is 12.2 Å². The molecule has 0 fully saturated rings. The van der Waals surface area contributed by atoms with E-state index in [2.05, 4.69) is 4.74 Å². The van der Waals surface area contributed by atoms with Crippen LogP contribution in [0.4, 0.5) is 0 Å². The number of ether oxygens (including phenoxy) is 1. The topological polar surface area (TPSA) is 46.5 Å². The maximum atomic E-state index is 10.2. The lowest BCUT2D eigenvalue weighted by Crippen LogP contribution is -1.98. The summed E-state index contributed by atoms with van der Waals surface area (Å²) in [6.07, 6.45) is 4.05. The lowest BCUT2D eigenvalue weighted by Gasteiger charge is -1.95. The average molecular weight is 144 g/mol. The van der Waals surface area contributed by atoms with E-state index < -0.39 is 0 Å². The van der Waals surface area contributed by atoms with Crippen LogP contribution >= 0.6 is 0 Å². The maximum absolute atomic E-state index is 10.2. The number of hydrogen-bond donors (Lipinski definition) is 1. The average Bonchev–Trinajstić information content (AvgIpc) is 1.87. The summed E-state index contributed by atoms with van der Waals surface area (Å²) in [4.78, 5) is 10.2. The van der Waals surface area contributed by atoms with Gasteiger partial charge in [-0.1, -0.05) is 12.2 Å². The molecule has 0 atom stereocenters. The smallest absolute Gasteiger partial charge is 0.302 e. The van der Waals surface area contributed by atoms with Crippen LogP contribution in [0, 0.1) is 0 Å². The van der Waals surface area contributed by atoms with E-state index in [1.54, 1.807) is 12.2 Å². The predicted octanol–water partition coefficient (Wildman–Crippen LogP) is 0.488. The van der Waals surface area contributed by atoms with Gasteiger partial charge < -0.3 is 9.84 Å². The summed E-state index contributed by atoms with van der Waals surface area (Å²) < 4.78 is 4.62. The van der Waals surface area contributed by atoms with E-state index in [-0.39, 0.29) is 12.6 Å². The van der Waals surface area contributed by atoms with Gasteiger partial charge in [-0.15, -0.1) is 0 Å². The van der Waals surface area contributed by atoms with Crippen molar-refractivity contribution in [2.75, 3.05) is 13.2 Å². The molecule has 0 aliphatic rings. The first-order valence-electron chi connectivity index (χ1n) is 3.16. The Bertz CT molecular complexity index is 118. The molecular formula is C7H12O3. The van der Waals surface area contributed by atoms with Gasteiger partial charge in [-0.25, -0.2) is 0 Å². The van der Waals surface area contributed by atoms with Gasteiger partial charge in [-0.05, 0) is 6.42 Å². The highest BCUT2D eigenvalue weighted by molar-refractivity contribution is 5.65. The third kappa shape index (κ3) is 7.17. The molecule has 0 radical (unpaired) electrons. The molecule has 3 nitrogen and oxygen atoms in total. The Morgan fingerprint density at radius 2 is 2.30 bits per heavy atom. The third-order valence-corrected chi connectivity index (χ3v) is 0.862. The first-order valence-corrected chi connectivity index (χ1v) is 3.16. The largest absolute Gasteiger partial charge is 0.466 e. The fraction of sp³-hybridized carbons (Fsp3) is 0.571. The van der Waals surface area contributed by atoms with Crippen LogP contribution in [-0.2, 0) is 9.53 Å². The van der Waals surface area contributed by atoms with E-state index >= 15 is 0 Å². The van der Waals surface area contributed by atoms with Crippen molar-refractivity contribution in [1.82, 2.24) is 0 Å². The summed E-state index contributed by atoms with van der Waals surface area (Å²) in [6, 6.07) is 0. The van der Waals surface area contributed by atoms with Crippen LogP contribution in [0.1, 0.15) is 13.3 Å². The summed E-state index contributed by atoms with van der Waals surface area (Å²) >= 11 is 0. The van der Waals surface area contributed by atoms with Gasteiger partial charge in [0.1, 0.15) is 0 Å². The van der Waals surface area contributed by atoms with Gasteiger partial charge in [0.05, 0.1) is 13.2 Å². The second-order valence-electron chi connectivity index (χ2n) is 1.78. The fourth-order valence-corrected chi connectivity index (χ4v) is 0.463. The summed E-state index contributed by atoms with van der Waals surface area (Å²) in [5.74, 6) is -0.266. The number of hydrogen-bond acceptors (Lipinski definition) is 3. The van der Waals surface area contributed by atoms with Gasteiger partial charge in [0.2, 0.25) is 0 Å². The quantitative estimate of drug-likeness (QED) is 0.355. The first kappa shape index (κ1) is 9.17. The van der Waals surface area contributed by atoms with Crippen LogP contribution in [0.25, 0.3) is 0 Å². The van der Waals surface area contributed by atoms with E-state index in [1.165, 1.54) is 6.92 Å². The van der Waals surface area contributed by atoms with Crippen molar-refractivity contribution in [3.8, 4) is 0 Å². The lowest BCUT2D eigenvalue weighted by molar-refractivity contribution is -0.140. The number of carbonyl (C=O) groups is 1. The highest BCUT2D eigenvalue weighted by atomic mass is 16.5. The van der Waals surface area contributed by atoms with E-state index in [0.29, 0.717) is 13.0 Å². The van der Waals surface area contributed by atoms with Crippen LogP contribution in [0.2, 0.25) is 0 Å². The van der Waals surface area contributed by atoms with Gasteiger partial charge in [-0.3, -0.25) is 4.79 Å². The number of aliphatic hydroxyl groups is 1. The normalized spacial score (nSPS) is 10.2. The van der Waals surface area contributed by atoms with Crippen molar-refractivity contribution in [2.45, 2.75) is 13.3 Å². The van der Waals surface area contributed by atoms with Crippen molar-refractivity contribution < 1.29 is 14.6 Å². The fourth-order valence-electron chi connectivity index (χ4n) is 0.463. The number of rotatable bonds is 4. The number of esters is 1. The molecule has 0 amide bonds. The third-order valence-electron chi connectivity index (χ3n) is 0.862. The number of aliphatic hydroxyl groups excluding tert-OH is 1. The second kappa shape index (κ2) is 6.29. The highest BCUT2D eigenvalue weighted by Crippen LogP contribution is 1.84. The van der Waals surface area contributed by atoms with Gasteiger partial charge in [0.15, 0.2) is 0 Å². The molecular weight excluding hydrogens is 132 g/mol. The van der Waals surface area contributed by atoms with Crippen LogP contribution in [-0.4, -0.2) is 24.3 Å². The van der Waals surface area contributed by atoms with Crippen molar-refractivity contribution >= 4 is 5.97 Å². The molecule has 0 aromatic heterocycles. The molecule has 0 unspecified atom stereocenters. The van der Waals surface area contributed by atoms with Crippen molar-refractivity contribution in [2.24, 2.45) is 0 Å². The van der Waals surface area contributed by atoms with E-state index in [1.807, 2.05) is 0 Å². The summed E-state index contributed by atoms with van der Waals surface area (Å²) in [6.45, 7) is 1.81. The summed E-state index contributed by atoms with van der Waals surface area (Å²) in [5.41, 5.74) is 0. The molecule has 0 rings (SSSR count). The van der Waals surface area contributed by atoms with Crippen molar-refractivity contribution in [3.63, 3.8) is 0 Å². The zero-order valence-electron chi connectivity index (χ0n) is 6.04. The Kier molecular flexibility index (Phi) is 5.77. The minimum absolute atomic E-state index is 0.0417. The minimum Gasteiger partial charge on any atom is -0.466 e. The van der Waals surface area contributed by atoms with E-state index in [9.17, 15) is 4.79 Å². The zero-order valence-corrected chi connectivity index (χ0v) is 6.04. The molecule has 10 heavy (non-hydrogen) atoms. The molecule has 0 saturated heterocycles. The highest BCUT2D eigenvalue weighted by Gasteiger charge is 1.87. The van der Waals surface area contributed by atoms with Crippen LogP contribution < -0.4 is 0 Å². The standard InChI is InChI=1S/C7H12O3/c1-7(9)10-6-4-2-3-5-8/h2-3,8H,4-6H2,1H3/b3-2-. The first-order chi connectivity index (χ1) is 4.77. The molecule has 0 spiro atoms. The molecule has 0 aromatic carbocycles. The monoisotopic (exact) mass is 144 g/mol. The minimum atomic E-state index is -0.266. The Balaban J connectivity index is 3.05. The molecule has 0 heterocycles. The van der Waals surface area contributed by atoms with Gasteiger partial charge in [0, 0.05) is 6.92 Å². The van der Waals surface area contributed by atoms with Crippen molar-refractivity contribution in [1.29, 1.82) is 0 Å². The molecule has 3 heteroatoms. The molecule has 1 N–H and O–H groups in total. The lowest BCUT2D eigenvalue weighted by atomic mass is 10.4. The van der Waals surface area contributed by atoms with E-state index in [4.69, 9.17) is 5.11 Å². The molecule has 0 aromatic rings. The SMILES string of the molecule is CC(=O)OCC/C=C\CO. The summed E-state index contributed by atoms with van der Waals surface area (Å²) in [7, 11) is 0. The van der Waals surface area contributed by atoms with Gasteiger partial charge in [0.25, 0.3) is 0 Å². The molecule has 0 aliphatic heterocycles. The second-order valence-corrected chi connectivity index (χ2v) is 1.78. The molecule has 0 bridgehead atoms. The molecule has 0 aliphatic carbocycles. The Hall–Kier alpha value is -0.830. The number of carbonyl (C=O) groups excluding carboxylic acids is 1. The molecule has 58 valence electrons. The van der Waals surface area contributed by atoms with Crippen LogP contribution in [0.15, 0.2) is 12.2 Å². The summed E-state index contributed by atoms with van der Waals surface area (Å²) in [5, 5.41) is 8.28. The Morgan fingerprint density at radius 3 is 2.80 bits per heavy atom.